The van der Waals surface area contributed by atoms with Crippen molar-refractivity contribution in [2.24, 2.45) is 0 Å². The highest BCUT2D eigenvalue weighted by Crippen LogP contribution is 2.29. The minimum Gasteiger partial charge on any atom is -0.454 e. The molecule has 0 atom stereocenters. The minimum absolute atomic E-state index is 0.0310. The summed E-state index contributed by atoms with van der Waals surface area (Å²) in [6.07, 6.45) is 0. The van der Waals surface area contributed by atoms with Crippen molar-refractivity contribution in [1.29, 1.82) is 0 Å². The number of para-hydroxylation sites is 1. The van der Waals surface area contributed by atoms with Crippen LogP contribution in [0.15, 0.2) is 40.1 Å². The second kappa shape index (κ2) is 3.73. The summed E-state index contributed by atoms with van der Waals surface area (Å²) in [7, 11) is 0. The van der Waals surface area contributed by atoms with E-state index in [9.17, 15) is 0 Å². The van der Waals surface area contributed by atoms with E-state index in [0.29, 0.717) is 5.69 Å². The number of rotatable bonds is 2. The van der Waals surface area contributed by atoms with Gasteiger partial charge in [-0.15, -0.1) is 11.3 Å². The third kappa shape index (κ3) is 1.52. The lowest BCUT2D eigenvalue weighted by Crippen LogP contribution is -1.81. The van der Waals surface area contributed by atoms with Gasteiger partial charge in [0.15, 0.2) is 10.8 Å². The number of furan rings is 1. The molecule has 3 aromatic rings. The summed E-state index contributed by atoms with van der Waals surface area (Å²) >= 11 is 1.48. The van der Waals surface area contributed by atoms with E-state index >= 15 is 0 Å². The van der Waals surface area contributed by atoms with Gasteiger partial charge in [-0.3, -0.25) is 0 Å². The number of aliphatic hydroxyl groups is 1. The van der Waals surface area contributed by atoms with Crippen LogP contribution in [0.5, 0.6) is 0 Å². The van der Waals surface area contributed by atoms with Crippen molar-refractivity contribution < 1.29 is 9.52 Å². The first-order valence-corrected chi connectivity index (χ1v) is 5.79. The zero-order valence-corrected chi connectivity index (χ0v) is 9.20. The Balaban J connectivity index is 2.11. The Labute approximate surface area is 96.0 Å². The molecule has 2 heterocycles. The van der Waals surface area contributed by atoms with E-state index in [0.717, 1.165) is 21.7 Å². The number of fused-ring (bicyclic) bond motifs is 1. The fourth-order valence-electron chi connectivity index (χ4n) is 1.58. The highest BCUT2D eigenvalue weighted by Gasteiger charge is 2.09. The third-order valence-corrected chi connectivity index (χ3v) is 3.26. The van der Waals surface area contributed by atoms with Gasteiger partial charge in [-0.05, 0) is 12.1 Å². The fraction of sp³-hybridized carbons (Fsp3) is 0.0833. The molecule has 0 aliphatic carbocycles. The van der Waals surface area contributed by atoms with E-state index in [1.54, 1.807) is 0 Å². The zero-order valence-electron chi connectivity index (χ0n) is 8.38. The van der Waals surface area contributed by atoms with E-state index in [1.165, 1.54) is 11.3 Å². The lowest BCUT2D eigenvalue weighted by Gasteiger charge is -1.87. The van der Waals surface area contributed by atoms with E-state index in [-0.39, 0.29) is 6.61 Å². The molecular weight excluding hydrogens is 222 g/mol. The molecule has 1 aromatic carbocycles. The number of hydrogen-bond acceptors (Lipinski definition) is 4. The molecule has 16 heavy (non-hydrogen) atoms. The van der Waals surface area contributed by atoms with Crippen LogP contribution < -0.4 is 0 Å². The quantitative estimate of drug-likeness (QED) is 0.737. The standard InChI is InChI=1S/C12H9NO2S/c14-6-9-7-16-12(13-9)11-5-8-3-1-2-4-10(8)15-11/h1-5,7,14H,6H2. The van der Waals surface area contributed by atoms with Gasteiger partial charge in [0, 0.05) is 10.8 Å². The van der Waals surface area contributed by atoms with Crippen LogP contribution in [-0.4, -0.2) is 10.1 Å². The van der Waals surface area contributed by atoms with Gasteiger partial charge in [-0.1, -0.05) is 18.2 Å². The Kier molecular flexibility index (Phi) is 2.23. The fourth-order valence-corrected chi connectivity index (χ4v) is 2.34. The molecule has 0 spiro atoms. The molecule has 0 unspecified atom stereocenters. The number of nitrogens with zero attached hydrogens (tertiary/aromatic N) is 1. The summed E-state index contributed by atoms with van der Waals surface area (Å²) in [5, 5.41) is 12.7. The van der Waals surface area contributed by atoms with Crippen molar-refractivity contribution in [3.8, 4) is 10.8 Å². The average Bonchev–Trinajstić information content (AvgIpc) is 2.95. The van der Waals surface area contributed by atoms with Crippen molar-refractivity contribution in [3.63, 3.8) is 0 Å². The predicted molar refractivity (Wildman–Crippen MR) is 63.2 cm³/mol. The molecule has 4 heteroatoms. The predicted octanol–water partition coefficient (Wildman–Crippen LogP) is 3.05. The summed E-state index contributed by atoms with van der Waals surface area (Å²) in [5.41, 5.74) is 1.54. The second-order valence-electron chi connectivity index (χ2n) is 3.45. The summed E-state index contributed by atoms with van der Waals surface area (Å²) in [5.74, 6) is 0.755. The average molecular weight is 231 g/mol. The maximum Gasteiger partial charge on any atom is 0.164 e. The molecule has 0 radical (unpaired) electrons. The first kappa shape index (κ1) is 9.57. The van der Waals surface area contributed by atoms with Gasteiger partial charge < -0.3 is 9.52 Å². The lowest BCUT2D eigenvalue weighted by molar-refractivity contribution is 0.277. The SMILES string of the molecule is OCc1csc(-c2cc3ccccc3o2)n1. The van der Waals surface area contributed by atoms with Crippen molar-refractivity contribution in [3.05, 3.63) is 41.4 Å². The third-order valence-electron chi connectivity index (χ3n) is 2.35. The lowest BCUT2D eigenvalue weighted by atomic mass is 10.2. The Morgan fingerprint density at radius 3 is 2.94 bits per heavy atom. The van der Waals surface area contributed by atoms with E-state index in [4.69, 9.17) is 9.52 Å². The monoisotopic (exact) mass is 231 g/mol. The Morgan fingerprint density at radius 1 is 1.31 bits per heavy atom. The largest absolute Gasteiger partial charge is 0.454 e. The van der Waals surface area contributed by atoms with Crippen molar-refractivity contribution >= 4 is 22.3 Å². The molecule has 2 aromatic heterocycles. The van der Waals surface area contributed by atoms with Gasteiger partial charge in [-0.2, -0.15) is 0 Å². The van der Waals surface area contributed by atoms with Crippen LogP contribution >= 0.6 is 11.3 Å². The normalized spacial score (nSPS) is 11.1. The molecule has 0 bridgehead atoms. The van der Waals surface area contributed by atoms with Crippen LogP contribution in [0.2, 0.25) is 0 Å². The van der Waals surface area contributed by atoms with Crippen LogP contribution in [-0.2, 0) is 6.61 Å². The van der Waals surface area contributed by atoms with Crippen LogP contribution in [0, 0.1) is 0 Å². The Morgan fingerprint density at radius 2 is 2.19 bits per heavy atom. The molecular formula is C12H9NO2S. The highest BCUT2D eigenvalue weighted by atomic mass is 32.1. The van der Waals surface area contributed by atoms with Crippen LogP contribution in [0.1, 0.15) is 5.69 Å². The highest BCUT2D eigenvalue weighted by molar-refractivity contribution is 7.13. The molecule has 0 fully saturated rings. The maximum atomic E-state index is 8.95. The van der Waals surface area contributed by atoms with E-state index < -0.39 is 0 Å². The molecule has 0 saturated carbocycles. The first-order chi connectivity index (χ1) is 7.86. The van der Waals surface area contributed by atoms with Gasteiger partial charge in [0.25, 0.3) is 0 Å². The molecule has 1 N–H and O–H groups in total. The van der Waals surface area contributed by atoms with Crippen molar-refractivity contribution in [2.75, 3.05) is 0 Å². The zero-order chi connectivity index (χ0) is 11.0. The topological polar surface area (TPSA) is 46.3 Å². The summed E-state index contributed by atoms with van der Waals surface area (Å²) in [4.78, 5) is 4.27. The van der Waals surface area contributed by atoms with Gasteiger partial charge in [0.1, 0.15) is 5.58 Å². The van der Waals surface area contributed by atoms with Gasteiger partial charge in [0.2, 0.25) is 0 Å². The van der Waals surface area contributed by atoms with Crippen LogP contribution in [0.3, 0.4) is 0 Å². The molecule has 0 aliphatic rings. The minimum atomic E-state index is -0.0310. The number of hydrogen-bond donors (Lipinski definition) is 1. The van der Waals surface area contributed by atoms with Crippen LogP contribution in [0.25, 0.3) is 21.7 Å². The van der Waals surface area contributed by atoms with E-state index in [2.05, 4.69) is 4.98 Å². The van der Waals surface area contributed by atoms with Gasteiger partial charge in [-0.25, -0.2) is 4.98 Å². The van der Waals surface area contributed by atoms with Gasteiger partial charge in [0.05, 0.1) is 12.3 Å². The van der Waals surface area contributed by atoms with Crippen LogP contribution in [0.4, 0.5) is 0 Å². The Bertz CT molecular complexity index is 594. The molecule has 3 nitrogen and oxygen atoms in total. The summed E-state index contributed by atoms with van der Waals surface area (Å²) < 4.78 is 5.68. The molecule has 80 valence electrons. The van der Waals surface area contributed by atoms with Gasteiger partial charge >= 0.3 is 0 Å². The maximum absolute atomic E-state index is 8.95. The molecule has 0 aliphatic heterocycles. The molecule has 0 saturated heterocycles. The summed E-state index contributed by atoms with van der Waals surface area (Å²) in [6.45, 7) is -0.0310. The number of aliphatic hydroxyl groups excluding tert-OH is 1. The number of thiazole rings is 1. The van der Waals surface area contributed by atoms with E-state index in [1.807, 2.05) is 35.7 Å². The Hall–Kier alpha value is -1.65. The smallest absolute Gasteiger partial charge is 0.164 e. The molecule has 0 amide bonds. The van der Waals surface area contributed by atoms with Crippen molar-refractivity contribution in [2.45, 2.75) is 6.61 Å². The second-order valence-corrected chi connectivity index (χ2v) is 4.31. The molecule has 3 rings (SSSR count). The summed E-state index contributed by atoms with van der Waals surface area (Å²) in [6, 6.07) is 9.82. The first-order valence-electron chi connectivity index (χ1n) is 4.91. The van der Waals surface area contributed by atoms with Crippen molar-refractivity contribution in [1.82, 2.24) is 4.98 Å². The number of benzene rings is 1. The number of aromatic nitrogens is 1.